The summed E-state index contributed by atoms with van der Waals surface area (Å²) in [5.74, 6) is 1.04. The summed E-state index contributed by atoms with van der Waals surface area (Å²) in [6, 6.07) is 19.6. The number of carbonyl (C=O) groups excluding carboxylic acids is 1. The van der Waals surface area contributed by atoms with Gasteiger partial charge < -0.3 is 56.8 Å². The molecule has 1 N–H and O–H groups in total. The molecule has 22 heteroatoms. The van der Waals surface area contributed by atoms with Crippen molar-refractivity contribution >= 4 is 42.7 Å². The molecule has 20 nitrogen and oxygen atoms in total. The predicted molar refractivity (Wildman–Crippen MR) is 283 cm³/mol. The number of sulfonamides is 1. The molecule has 0 atom stereocenters. The van der Waals surface area contributed by atoms with Crippen LogP contribution in [-0.4, -0.2) is 159 Å². The molecule has 2 aromatic heterocycles. The highest BCUT2D eigenvalue weighted by Gasteiger charge is 2.28. The van der Waals surface area contributed by atoms with Gasteiger partial charge in [0.15, 0.2) is 0 Å². The van der Waals surface area contributed by atoms with E-state index in [1.807, 2.05) is 27.7 Å². The lowest BCUT2D eigenvalue weighted by atomic mass is 10.0. The van der Waals surface area contributed by atoms with Crippen molar-refractivity contribution in [2.24, 2.45) is 7.05 Å². The van der Waals surface area contributed by atoms with Crippen molar-refractivity contribution in [3.8, 4) is 28.4 Å². The standard InChI is InChI=1S/C53H72N4O16S2/c1-7-74(60,61)54-41-13-16-49(47(37-41)48-39-55(6)51(58)50-46(48)19-22-57(50)75(62,63)45-14-11-40(2)12-15-45)72-44-10-8-9-43(38-44)71-36-34-69-32-30-67-28-26-65-24-23-64-25-27-66-29-31-68-33-35-70-42-17-20-56(21-18-42)52(59)73-53(3,4)5/h8-16,19,22,37-39,42,54H,7,17-18,20-21,23-36H2,1-6H3. The van der Waals surface area contributed by atoms with Gasteiger partial charge in [0.25, 0.3) is 15.6 Å². The van der Waals surface area contributed by atoms with Crippen LogP contribution in [0.4, 0.5) is 10.5 Å². The maximum Gasteiger partial charge on any atom is 0.410 e. The van der Waals surface area contributed by atoms with E-state index in [1.165, 1.54) is 36.9 Å². The van der Waals surface area contributed by atoms with Crippen molar-refractivity contribution in [3.63, 3.8) is 0 Å². The van der Waals surface area contributed by atoms with Gasteiger partial charge >= 0.3 is 6.09 Å². The number of nitrogens with zero attached hydrogens (tertiary/aromatic N) is 3. The first-order valence-electron chi connectivity index (χ1n) is 25.1. The summed E-state index contributed by atoms with van der Waals surface area (Å²) in [7, 11) is -6.34. The molecule has 6 rings (SSSR count). The normalized spacial score (nSPS) is 13.6. The lowest BCUT2D eigenvalue weighted by Crippen LogP contribution is -2.43. The van der Waals surface area contributed by atoms with Gasteiger partial charge in [-0.1, -0.05) is 23.8 Å². The number of rotatable bonds is 31. The maximum absolute atomic E-state index is 13.9. The SMILES string of the molecule is CCS(=O)(=O)Nc1ccc(Oc2cccc(OCCOCCOCCOCCOCCOCCOCCOC3CCN(C(=O)OC(C)(C)C)CC3)c2)c(-c2cn(C)c(=O)c3c2ccn3S(=O)(=O)c2ccc(C)cc2)c1. The number of hydrogen-bond acceptors (Lipinski definition) is 16. The molecule has 3 heterocycles. The van der Waals surface area contributed by atoms with Crippen LogP contribution < -0.4 is 19.8 Å². The van der Waals surface area contributed by atoms with E-state index in [0.717, 1.165) is 22.4 Å². The Hall–Kier alpha value is -5.56. The van der Waals surface area contributed by atoms with E-state index >= 15 is 0 Å². The molecule has 75 heavy (non-hydrogen) atoms. The average molecular weight is 1090 g/mol. The Balaban J connectivity index is 0.847. The molecule has 1 saturated heterocycles. The molecule has 1 fully saturated rings. The van der Waals surface area contributed by atoms with Crippen LogP contribution in [0.5, 0.6) is 17.2 Å². The highest BCUT2D eigenvalue weighted by molar-refractivity contribution is 7.92. The van der Waals surface area contributed by atoms with Crippen LogP contribution in [-0.2, 0) is 65.0 Å². The minimum Gasteiger partial charge on any atom is -0.491 e. The predicted octanol–water partition coefficient (Wildman–Crippen LogP) is 7.00. The van der Waals surface area contributed by atoms with Crippen molar-refractivity contribution < 1.29 is 69.0 Å². The Labute approximate surface area is 440 Å². The fraction of sp³-hybridized carbons (Fsp3) is 0.509. The van der Waals surface area contributed by atoms with Gasteiger partial charge in [0, 0.05) is 60.8 Å². The number of ether oxygens (including phenoxy) is 10. The summed E-state index contributed by atoms with van der Waals surface area (Å²) >= 11 is 0. The van der Waals surface area contributed by atoms with E-state index in [0.29, 0.717) is 133 Å². The van der Waals surface area contributed by atoms with E-state index in [1.54, 1.807) is 71.8 Å². The molecule has 0 unspecified atom stereocenters. The zero-order valence-electron chi connectivity index (χ0n) is 43.8. The van der Waals surface area contributed by atoms with Crippen molar-refractivity contribution in [2.45, 2.75) is 64.1 Å². The third-order valence-corrected chi connectivity index (χ3v) is 14.6. The summed E-state index contributed by atoms with van der Waals surface area (Å²) < 4.78 is 115. The molecule has 412 valence electrons. The van der Waals surface area contributed by atoms with Crippen LogP contribution in [0, 0.1) is 6.92 Å². The number of fused-ring (bicyclic) bond motifs is 1. The first-order valence-corrected chi connectivity index (χ1v) is 28.2. The second kappa shape index (κ2) is 28.5. The molecule has 0 spiro atoms. The second-order valence-electron chi connectivity index (χ2n) is 18.5. The molecule has 3 aromatic carbocycles. The van der Waals surface area contributed by atoms with Gasteiger partial charge in [-0.3, -0.25) is 9.52 Å². The summed E-state index contributed by atoms with van der Waals surface area (Å²) in [6.07, 6.45) is 4.29. The van der Waals surface area contributed by atoms with Crippen molar-refractivity contribution in [2.75, 3.05) is 116 Å². The van der Waals surface area contributed by atoms with E-state index in [9.17, 15) is 26.4 Å². The molecule has 0 bridgehead atoms. The molecular formula is C53H72N4O16S2. The molecule has 0 radical (unpaired) electrons. The number of aromatic nitrogens is 2. The lowest BCUT2D eigenvalue weighted by Gasteiger charge is -2.33. The Bertz CT molecular complexity index is 2880. The zero-order valence-corrected chi connectivity index (χ0v) is 45.4. The third-order valence-electron chi connectivity index (χ3n) is 11.6. The Morgan fingerprint density at radius 1 is 0.693 bits per heavy atom. The van der Waals surface area contributed by atoms with Crippen LogP contribution >= 0.6 is 0 Å². The number of benzene rings is 3. The van der Waals surface area contributed by atoms with Gasteiger partial charge in [0.1, 0.15) is 35.0 Å². The van der Waals surface area contributed by atoms with E-state index in [4.69, 9.17) is 47.4 Å². The minimum atomic E-state index is -4.18. The van der Waals surface area contributed by atoms with Crippen LogP contribution in [0.25, 0.3) is 22.0 Å². The molecule has 1 aliphatic heterocycles. The van der Waals surface area contributed by atoms with Gasteiger partial charge in [-0.15, -0.1) is 0 Å². The summed E-state index contributed by atoms with van der Waals surface area (Å²) in [4.78, 5) is 27.6. The van der Waals surface area contributed by atoms with Crippen LogP contribution in [0.2, 0.25) is 0 Å². The Morgan fingerprint density at radius 3 is 1.83 bits per heavy atom. The molecule has 5 aromatic rings. The highest BCUT2D eigenvalue weighted by atomic mass is 32.2. The third kappa shape index (κ3) is 18.3. The number of carbonyl (C=O) groups is 1. The highest BCUT2D eigenvalue weighted by Crippen LogP contribution is 2.40. The van der Waals surface area contributed by atoms with Crippen molar-refractivity contribution in [1.29, 1.82) is 0 Å². The lowest BCUT2D eigenvalue weighted by molar-refractivity contribution is -0.0402. The van der Waals surface area contributed by atoms with Crippen LogP contribution in [0.15, 0.2) is 94.9 Å². The Morgan fingerprint density at radius 2 is 1.25 bits per heavy atom. The average Bonchev–Trinajstić information content (AvgIpc) is 3.84. The summed E-state index contributed by atoms with van der Waals surface area (Å²) in [5, 5.41) is 0.315. The fourth-order valence-corrected chi connectivity index (χ4v) is 9.67. The Kier molecular flexibility index (Phi) is 22.3. The molecular weight excluding hydrogens is 1010 g/mol. The van der Waals surface area contributed by atoms with Gasteiger partial charge in [0.2, 0.25) is 10.0 Å². The molecule has 0 saturated carbocycles. The van der Waals surface area contributed by atoms with Gasteiger partial charge in [-0.2, -0.15) is 0 Å². The van der Waals surface area contributed by atoms with Crippen molar-refractivity contribution in [1.82, 2.24) is 13.4 Å². The largest absolute Gasteiger partial charge is 0.491 e. The first kappa shape index (κ1) is 58.7. The smallest absolute Gasteiger partial charge is 0.410 e. The fourth-order valence-electron chi connectivity index (χ4n) is 7.69. The summed E-state index contributed by atoms with van der Waals surface area (Å²) in [5.41, 5.74) is 0.807. The van der Waals surface area contributed by atoms with Gasteiger partial charge in [0.05, 0.1) is 103 Å². The number of aryl methyl sites for hydroxylation is 2. The second-order valence-corrected chi connectivity index (χ2v) is 22.3. The van der Waals surface area contributed by atoms with Gasteiger partial charge in [-0.05, 0) is 96.0 Å². The van der Waals surface area contributed by atoms with Crippen molar-refractivity contribution in [3.05, 3.63) is 101 Å². The van der Waals surface area contributed by atoms with Gasteiger partial charge in [-0.25, -0.2) is 25.6 Å². The van der Waals surface area contributed by atoms with Crippen LogP contribution in [0.3, 0.4) is 0 Å². The number of piperidine rings is 1. The number of pyridine rings is 1. The van der Waals surface area contributed by atoms with E-state index < -0.39 is 31.2 Å². The minimum absolute atomic E-state index is 0.0159. The summed E-state index contributed by atoms with van der Waals surface area (Å²) in [6.45, 7) is 16.0. The molecule has 0 aliphatic carbocycles. The zero-order chi connectivity index (χ0) is 53.9. The number of likely N-dealkylation sites (tertiary alicyclic amines) is 1. The quantitative estimate of drug-likeness (QED) is 0.0442. The molecule has 1 amide bonds. The number of nitrogens with one attached hydrogen (secondary N) is 1. The van der Waals surface area contributed by atoms with E-state index in [-0.39, 0.29) is 40.7 Å². The van der Waals surface area contributed by atoms with E-state index in [2.05, 4.69) is 4.72 Å². The number of amides is 1. The maximum atomic E-state index is 13.9. The number of hydrogen-bond donors (Lipinski definition) is 1. The number of anilines is 1. The topological polar surface area (TPSA) is 220 Å². The monoisotopic (exact) mass is 1080 g/mol. The molecule has 1 aliphatic rings. The first-order chi connectivity index (χ1) is 35.9. The van der Waals surface area contributed by atoms with Crippen LogP contribution in [0.1, 0.15) is 46.1 Å².